The third kappa shape index (κ3) is 3.29. The van der Waals surface area contributed by atoms with Crippen LogP contribution in [0, 0.1) is 6.92 Å². The fraction of sp³-hybridized carbons (Fsp3) is 0.0714. The van der Waals surface area contributed by atoms with Crippen molar-refractivity contribution < 1.29 is 14.7 Å². The maximum atomic E-state index is 12.1. The van der Waals surface area contributed by atoms with E-state index in [9.17, 15) is 9.59 Å². The molecule has 0 bridgehead atoms. The van der Waals surface area contributed by atoms with Crippen LogP contribution in [0.15, 0.2) is 42.7 Å². The standard InChI is InChI=1S/C14H11AsNO3/c1-9-2-3-11(14(18)19)8-12(9)15-13(17)10-4-6-16-7-5-10/h2-8H,1H3,(H,18,19). The van der Waals surface area contributed by atoms with E-state index in [-0.39, 0.29) is 10.1 Å². The summed E-state index contributed by atoms with van der Waals surface area (Å²) in [6, 6.07) is 8.24. The predicted octanol–water partition coefficient (Wildman–Crippen LogP) is 1.26. The number of hydrogen-bond acceptors (Lipinski definition) is 3. The molecule has 2 aromatic rings. The van der Waals surface area contributed by atoms with Gasteiger partial charge in [0.05, 0.1) is 0 Å². The van der Waals surface area contributed by atoms with E-state index in [1.165, 1.54) is 0 Å². The van der Waals surface area contributed by atoms with E-state index in [1.54, 1.807) is 42.7 Å². The number of pyridine rings is 1. The van der Waals surface area contributed by atoms with Gasteiger partial charge in [0.25, 0.3) is 0 Å². The molecule has 0 aliphatic rings. The Bertz CT molecular complexity index is 626. The van der Waals surface area contributed by atoms with Crippen LogP contribution in [0.4, 0.5) is 0 Å². The fourth-order valence-corrected chi connectivity index (χ4v) is 3.53. The molecule has 0 fully saturated rings. The van der Waals surface area contributed by atoms with Crippen LogP contribution in [0.2, 0.25) is 0 Å². The van der Waals surface area contributed by atoms with Gasteiger partial charge in [-0.15, -0.1) is 0 Å². The van der Waals surface area contributed by atoms with Crippen molar-refractivity contribution in [2.45, 2.75) is 6.92 Å². The molecule has 0 saturated heterocycles. The van der Waals surface area contributed by atoms with Crippen molar-refractivity contribution >= 4 is 30.6 Å². The minimum absolute atomic E-state index is 0.0456. The zero-order chi connectivity index (χ0) is 13.8. The summed E-state index contributed by atoms with van der Waals surface area (Å²) in [7, 11) is 0. The van der Waals surface area contributed by atoms with Gasteiger partial charge in [0.15, 0.2) is 0 Å². The Kier molecular flexibility index (Phi) is 4.12. The van der Waals surface area contributed by atoms with Gasteiger partial charge in [-0.3, -0.25) is 0 Å². The normalized spacial score (nSPS) is 10.8. The van der Waals surface area contributed by atoms with Gasteiger partial charge in [-0.25, -0.2) is 0 Å². The van der Waals surface area contributed by atoms with Crippen LogP contribution >= 0.6 is 0 Å². The molecule has 0 saturated carbocycles. The molecule has 0 amide bonds. The molecule has 2 rings (SSSR count). The third-order valence-electron chi connectivity index (χ3n) is 2.61. The van der Waals surface area contributed by atoms with E-state index >= 15 is 0 Å². The van der Waals surface area contributed by atoms with Gasteiger partial charge < -0.3 is 0 Å². The Morgan fingerprint density at radius 1 is 1.11 bits per heavy atom. The van der Waals surface area contributed by atoms with Crippen molar-refractivity contribution in [1.29, 1.82) is 0 Å². The van der Waals surface area contributed by atoms with Crippen molar-refractivity contribution in [3.8, 4) is 0 Å². The number of aryl methyl sites for hydroxylation is 1. The molecular weight excluding hydrogens is 305 g/mol. The fourth-order valence-electron chi connectivity index (χ4n) is 1.53. The number of benzene rings is 1. The Labute approximate surface area is 117 Å². The number of rotatable bonds is 4. The maximum absolute atomic E-state index is 12.1. The first kappa shape index (κ1) is 13.5. The van der Waals surface area contributed by atoms with E-state index in [1.807, 2.05) is 6.92 Å². The van der Waals surface area contributed by atoms with Crippen LogP contribution in [0.25, 0.3) is 0 Å². The summed E-state index contributed by atoms with van der Waals surface area (Å²) >= 11 is -0.746. The molecule has 0 atom stereocenters. The molecule has 1 aromatic heterocycles. The first-order valence-corrected chi connectivity index (χ1v) is 7.45. The van der Waals surface area contributed by atoms with Gasteiger partial charge in [0, 0.05) is 0 Å². The van der Waals surface area contributed by atoms with Gasteiger partial charge in [0.2, 0.25) is 0 Å². The topological polar surface area (TPSA) is 67.3 Å². The molecule has 4 nitrogen and oxygen atoms in total. The molecule has 0 aliphatic heterocycles. The summed E-state index contributed by atoms with van der Waals surface area (Å²) in [5, 5.41) is 8.97. The van der Waals surface area contributed by atoms with E-state index < -0.39 is 21.7 Å². The van der Waals surface area contributed by atoms with Crippen molar-refractivity contribution in [3.05, 3.63) is 59.4 Å². The molecule has 19 heavy (non-hydrogen) atoms. The molecule has 1 aromatic carbocycles. The first-order chi connectivity index (χ1) is 9.08. The van der Waals surface area contributed by atoms with E-state index in [0.717, 1.165) is 9.91 Å². The molecule has 1 radical (unpaired) electrons. The molecule has 0 aliphatic carbocycles. The number of hydrogen-bond donors (Lipinski definition) is 1. The molecule has 5 heteroatoms. The Morgan fingerprint density at radius 3 is 2.42 bits per heavy atom. The number of carbonyl (C=O) groups excluding carboxylic acids is 1. The van der Waals surface area contributed by atoms with Crippen LogP contribution in [0.3, 0.4) is 0 Å². The summed E-state index contributed by atoms with van der Waals surface area (Å²) < 4.78 is 0.877. The van der Waals surface area contributed by atoms with Crippen LogP contribution in [-0.4, -0.2) is 36.4 Å². The molecule has 1 N–H and O–H groups in total. The number of nitrogens with zero attached hydrogens (tertiary/aromatic N) is 1. The summed E-state index contributed by atoms with van der Waals surface area (Å²) in [6.07, 6.45) is 3.16. The average molecular weight is 316 g/mol. The summed E-state index contributed by atoms with van der Waals surface area (Å²) in [5.41, 5.74) is 1.79. The summed E-state index contributed by atoms with van der Waals surface area (Å²) in [5.74, 6) is -0.973. The van der Waals surface area contributed by atoms with Gasteiger partial charge in [0.1, 0.15) is 0 Å². The van der Waals surface area contributed by atoms with E-state index in [4.69, 9.17) is 5.11 Å². The number of carboxylic acids is 1. The zero-order valence-electron chi connectivity index (χ0n) is 10.2. The van der Waals surface area contributed by atoms with Crippen molar-refractivity contribution in [3.63, 3.8) is 0 Å². The second-order valence-electron chi connectivity index (χ2n) is 3.96. The Hall–Kier alpha value is -1.93. The van der Waals surface area contributed by atoms with Gasteiger partial charge in [-0.2, -0.15) is 0 Å². The second-order valence-corrected chi connectivity index (χ2v) is 6.29. The molecule has 0 spiro atoms. The minimum atomic E-state index is -0.973. The third-order valence-corrected chi connectivity index (χ3v) is 5.09. The van der Waals surface area contributed by atoms with Crippen molar-refractivity contribution in [2.24, 2.45) is 0 Å². The number of carbonyl (C=O) groups is 2. The zero-order valence-corrected chi connectivity index (χ0v) is 12.1. The monoisotopic (exact) mass is 316 g/mol. The Morgan fingerprint density at radius 2 is 1.79 bits per heavy atom. The van der Waals surface area contributed by atoms with E-state index in [0.29, 0.717) is 5.56 Å². The number of aromatic nitrogens is 1. The molecule has 0 unspecified atom stereocenters. The summed E-state index contributed by atoms with van der Waals surface area (Å²) in [4.78, 5) is 26.9. The van der Waals surface area contributed by atoms with Crippen LogP contribution in [0.1, 0.15) is 26.3 Å². The van der Waals surface area contributed by atoms with Gasteiger partial charge in [-0.05, 0) is 0 Å². The van der Waals surface area contributed by atoms with Gasteiger partial charge in [-0.1, -0.05) is 0 Å². The second kappa shape index (κ2) is 5.81. The predicted molar refractivity (Wildman–Crippen MR) is 72.1 cm³/mol. The SMILES string of the molecule is Cc1ccc(C(=O)O)cc1[As]C(=O)c1ccncc1. The number of carboxylic acid groups (broad SMARTS) is 1. The average Bonchev–Trinajstić information content (AvgIpc) is 2.42. The first-order valence-electron chi connectivity index (χ1n) is 5.58. The molecular formula is C14H11AsNO3. The van der Waals surface area contributed by atoms with Crippen molar-refractivity contribution in [1.82, 2.24) is 4.98 Å². The number of aromatic carboxylic acids is 1. The van der Waals surface area contributed by atoms with Crippen LogP contribution in [0.5, 0.6) is 0 Å². The van der Waals surface area contributed by atoms with Crippen molar-refractivity contribution in [2.75, 3.05) is 0 Å². The Balaban J connectivity index is 2.26. The van der Waals surface area contributed by atoms with Crippen LogP contribution < -0.4 is 4.35 Å². The quantitative estimate of drug-likeness (QED) is 0.862. The molecule has 1 heterocycles. The van der Waals surface area contributed by atoms with Gasteiger partial charge >= 0.3 is 117 Å². The summed E-state index contributed by atoms with van der Waals surface area (Å²) in [6.45, 7) is 1.89. The molecule has 95 valence electrons. The van der Waals surface area contributed by atoms with Crippen LogP contribution in [-0.2, 0) is 0 Å². The van der Waals surface area contributed by atoms with E-state index in [2.05, 4.69) is 4.98 Å².